The number of aryl methyl sites for hydroxylation is 1. The van der Waals surface area contributed by atoms with E-state index < -0.39 is 23.8 Å². The maximum atomic E-state index is 12.7. The van der Waals surface area contributed by atoms with Crippen LogP contribution in [-0.2, 0) is 12.6 Å². The van der Waals surface area contributed by atoms with Crippen LogP contribution >= 0.6 is 0 Å². The van der Waals surface area contributed by atoms with Crippen molar-refractivity contribution >= 4 is 6.03 Å². The second-order valence-electron chi connectivity index (χ2n) is 5.23. The molecule has 2 rings (SSSR count). The Morgan fingerprint density at radius 1 is 1.38 bits per heavy atom. The summed E-state index contributed by atoms with van der Waals surface area (Å²) in [6.07, 6.45) is -4.05. The van der Waals surface area contributed by atoms with Crippen molar-refractivity contribution < 1.29 is 22.5 Å². The Bertz CT molecular complexity index is 700. The number of alkyl halides is 3. The van der Waals surface area contributed by atoms with E-state index in [1.165, 1.54) is 12.1 Å². The maximum Gasteiger partial charge on any atom is 0.416 e. The number of urea groups is 1. The van der Waals surface area contributed by atoms with Crippen LogP contribution in [0.25, 0.3) is 0 Å². The lowest BCUT2D eigenvalue weighted by Crippen LogP contribution is -2.38. The molecule has 1 heterocycles. The first-order chi connectivity index (χ1) is 11.3. The van der Waals surface area contributed by atoms with Crippen molar-refractivity contribution in [2.75, 3.05) is 6.54 Å². The summed E-state index contributed by atoms with van der Waals surface area (Å²) in [7, 11) is 0. The Hall–Kier alpha value is -2.58. The van der Waals surface area contributed by atoms with Gasteiger partial charge in [0.1, 0.15) is 0 Å². The normalized spacial score (nSPS) is 12.7. The number of hydrogen-bond donors (Lipinski definition) is 2. The smallest absolute Gasteiger partial charge is 0.339 e. The fourth-order valence-corrected chi connectivity index (χ4v) is 2.04. The molecule has 0 bridgehead atoms. The monoisotopic (exact) mass is 342 g/mol. The molecule has 0 aliphatic rings. The third-order valence-electron chi connectivity index (χ3n) is 3.26. The van der Waals surface area contributed by atoms with Gasteiger partial charge in [-0.3, -0.25) is 0 Å². The molecule has 0 saturated carbocycles. The highest BCUT2D eigenvalue weighted by molar-refractivity contribution is 5.74. The van der Waals surface area contributed by atoms with Gasteiger partial charge in [-0.25, -0.2) is 4.79 Å². The molecule has 1 unspecified atom stereocenters. The Labute approximate surface area is 136 Å². The zero-order chi connectivity index (χ0) is 17.7. The third-order valence-corrected chi connectivity index (χ3v) is 3.26. The minimum absolute atomic E-state index is 0.267. The van der Waals surface area contributed by atoms with Gasteiger partial charge in [-0.1, -0.05) is 17.3 Å². The Morgan fingerprint density at radius 3 is 2.75 bits per heavy atom. The predicted molar refractivity (Wildman–Crippen MR) is 79.1 cm³/mol. The van der Waals surface area contributed by atoms with Gasteiger partial charge in [0.15, 0.2) is 5.82 Å². The van der Waals surface area contributed by atoms with Gasteiger partial charge >= 0.3 is 12.2 Å². The van der Waals surface area contributed by atoms with Crippen LogP contribution in [0.3, 0.4) is 0 Å². The number of carbonyl (C=O) groups is 1. The number of rotatable bonds is 5. The number of nitrogens with one attached hydrogen (secondary N) is 2. The standard InChI is InChI=1S/C15H17F3N4O2/c1-9(11-4-3-5-12(8-11)15(16,17)18)20-14(23)19-7-6-13-21-10(2)22-24-13/h3-5,8-9H,6-7H2,1-2H3,(H2,19,20,23). The number of aromatic nitrogens is 2. The summed E-state index contributed by atoms with van der Waals surface area (Å²) in [5.41, 5.74) is -0.381. The van der Waals surface area contributed by atoms with Gasteiger partial charge < -0.3 is 15.2 Å². The van der Waals surface area contributed by atoms with E-state index in [4.69, 9.17) is 4.52 Å². The summed E-state index contributed by atoms with van der Waals surface area (Å²) in [6.45, 7) is 3.56. The molecule has 9 heteroatoms. The highest BCUT2D eigenvalue weighted by Crippen LogP contribution is 2.30. The van der Waals surface area contributed by atoms with Gasteiger partial charge in [-0.2, -0.15) is 18.2 Å². The highest BCUT2D eigenvalue weighted by atomic mass is 19.4. The van der Waals surface area contributed by atoms with Crippen LogP contribution in [-0.4, -0.2) is 22.7 Å². The minimum atomic E-state index is -4.42. The van der Waals surface area contributed by atoms with Crippen LogP contribution in [0, 0.1) is 6.92 Å². The van der Waals surface area contributed by atoms with Crippen LogP contribution in [0.5, 0.6) is 0 Å². The zero-order valence-corrected chi connectivity index (χ0v) is 13.1. The van der Waals surface area contributed by atoms with Crippen LogP contribution in [0.2, 0.25) is 0 Å². The molecular weight excluding hydrogens is 325 g/mol. The highest BCUT2D eigenvalue weighted by Gasteiger charge is 2.30. The van der Waals surface area contributed by atoms with Crippen molar-refractivity contribution in [1.29, 1.82) is 0 Å². The summed E-state index contributed by atoms with van der Waals surface area (Å²) in [5, 5.41) is 8.79. The Kier molecular flexibility index (Phi) is 5.42. The van der Waals surface area contributed by atoms with Gasteiger partial charge in [0.2, 0.25) is 5.89 Å². The molecule has 0 spiro atoms. The molecule has 6 nitrogen and oxygen atoms in total. The maximum absolute atomic E-state index is 12.7. The number of carbonyl (C=O) groups excluding carboxylic acids is 1. The van der Waals surface area contributed by atoms with Gasteiger partial charge in [-0.15, -0.1) is 0 Å². The fourth-order valence-electron chi connectivity index (χ4n) is 2.04. The second-order valence-corrected chi connectivity index (χ2v) is 5.23. The molecule has 1 atom stereocenters. The van der Waals surface area contributed by atoms with E-state index in [9.17, 15) is 18.0 Å². The lowest BCUT2D eigenvalue weighted by atomic mass is 10.1. The van der Waals surface area contributed by atoms with Gasteiger partial charge in [-0.05, 0) is 31.5 Å². The van der Waals surface area contributed by atoms with E-state index in [2.05, 4.69) is 20.8 Å². The summed E-state index contributed by atoms with van der Waals surface area (Å²) in [6, 6.07) is 3.79. The average Bonchev–Trinajstić information content (AvgIpc) is 2.92. The average molecular weight is 342 g/mol. The summed E-state index contributed by atoms with van der Waals surface area (Å²) in [5.74, 6) is 0.909. The molecule has 0 radical (unpaired) electrons. The van der Waals surface area contributed by atoms with Crippen molar-refractivity contribution in [1.82, 2.24) is 20.8 Å². The molecule has 0 aliphatic carbocycles. The van der Waals surface area contributed by atoms with Gasteiger partial charge in [0.05, 0.1) is 11.6 Å². The predicted octanol–water partition coefficient (Wildman–Crippen LogP) is 3.00. The lowest BCUT2D eigenvalue weighted by Gasteiger charge is -2.16. The van der Waals surface area contributed by atoms with Gasteiger partial charge in [0, 0.05) is 13.0 Å². The van der Waals surface area contributed by atoms with Crippen molar-refractivity contribution in [3.05, 3.63) is 47.1 Å². The van der Waals surface area contributed by atoms with Crippen LogP contribution in [0.1, 0.15) is 35.8 Å². The third kappa shape index (κ3) is 4.97. The molecule has 0 aliphatic heterocycles. The molecule has 1 aromatic heterocycles. The minimum Gasteiger partial charge on any atom is -0.339 e. The zero-order valence-electron chi connectivity index (χ0n) is 13.1. The van der Waals surface area contributed by atoms with Crippen molar-refractivity contribution in [3.8, 4) is 0 Å². The molecule has 2 aromatic rings. The second kappa shape index (κ2) is 7.33. The summed E-state index contributed by atoms with van der Waals surface area (Å²) < 4.78 is 43.0. The van der Waals surface area contributed by atoms with E-state index in [0.29, 0.717) is 23.7 Å². The van der Waals surface area contributed by atoms with Crippen molar-refractivity contribution in [2.45, 2.75) is 32.5 Å². The number of halogens is 3. The first-order valence-electron chi connectivity index (χ1n) is 7.26. The van der Waals surface area contributed by atoms with Crippen LogP contribution in [0.15, 0.2) is 28.8 Å². The molecule has 0 fully saturated rings. The number of amides is 2. The van der Waals surface area contributed by atoms with Crippen LogP contribution < -0.4 is 10.6 Å². The van der Waals surface area contributed by atoms with E-state index in [1.807, 2.05) is 0 Å². The molecule has 1 aromatic carbocycles. The van der Waals surface area contributed by atoms with Crippen molar-refractivity contribution in [3.63, 3.8) is 0 Å². The molecule has 130 valence electrons. The van der Waals surface area contributed by atoms with E-state index in [-0.39, 0.29) is 6.54 Å². The molecule has 2 N–H and O–H groups in total. The molecule has 2 amide bonds. The van der Waals surface area contributed by atoms with Crippen LogP contribution in [0.4, 0.5) is 18.0 Å². The summed E-state index contributed by atoms with van der Waals surface area (Å²) >= 11 is 0. The largest absolute Gasteiger partial charge is 0.416 e. The fraction of sp³-hybridized carbons (Fsp3) is 0.400. The number of benzene rings is 1. The Morgan fingerprint density at radius 2 is 2.12 bits per heavy atom. The number of hydrogen-bond acceptors (Lipinski definition) is 4. The first-order valence-corrected chi connectivity index (χ1v) is 7.26. The lowest BCUT2D eigenvalue weighted by molar-refractivity contribution is -0.137. The molecule has 24 heavy (non-hydrogen) atoms. The first kappa shape index (κ1) is 17.8. The number of nitrogens with zero attached hydrogens (tertiary/aromatic N) is 2. The summed E-state index contributed by atoms with van der Waals surface area (Å²) in [4.78, 5) is 15.8. The quantitative estimate of drug-likeness (QED) is 0.875. The van der Waals surface area contributed by atoms with Crippen molar-refractivity contribution in [2.24, 2.45) is 0 Å². The van der Waals surface area contributed by atoms with Gasteiger partial charge in [0.25, 0.3) is 0 Å². The van der Waals surface area contributed by atoms with E-state index in [1.54, 1.807) is 13.8 Å². The molecular formula is C15H17F3N4O2. The SMILES string of the molecule is Cc1noc(CCNC(=O)NC(C)c2cccc(C(F)(F)F)c2)n1. The van der Waals surface area contributed by atoms with E-state index in [0.717, 1.165) is 12.1 Å². The van der Waals surface area contributed by atoms with E-state index >= 15 is 0 Å². The molecule has 0 saturated heterocycles. The Balaban J connectivity index is 1.85. The topological polar surface area (TPSA) is 80.0 Å².